The lowest BCUT2D eigenvalue weighted by Crippen LogP contribution is -2.41. The summed E-state index contributed by atoms with van der Waals surface area (Å²) in [6.45, 7) is 4.34. The molecule has 0 saturated carbocycles. The molecule has 0 bridgehead atoms. The van der Waals surface area contributed by atoms with Gasteiger partial charge in [0.25, 0.3) is 0 Å². The quantitative estimate of drug-likeness (QED) is 0.428. The van der Waals surface area contributed by atoms with Gasteiger partial charge in [-0.25, -0.2) is 0 Å². The SMILES string of the molecule is CC(O)C1CCN(CC(=N)N)CC1. The van der Waals surface area contributed by atoms with Crippen molar-refractivity contribution in [3.8, 4) is 0 Å². The fourth-order valence-electron chi connectivity index (χ4n) is 1.83. The van der Waals surface area contributed by atoms with Gasteiger partial charge in [-0.15, -0.1) is 0 Å². The molecule has 1 atom stereocenters. The van der Waals surface area contributed by atoms with Crippen molar-refractivity contribution in [1.29, 1.82) is 5.41 Å². The summed E-state index contributed by atoms with van der Waals surface area (Å²) in [6, 6.07) is 0. The van der Waals surface area contributed by atoms with E-state index in [1.807, 2.05) is 6.92 Å². The molecule has 0 aromatic rings. The summed E-state index contributed by atoms with van der Waals surface area (Å²) >= 11 is 0. The zero-order chi connectivity index (χ0) is 9.84. The lowest BCUT2D eigenvalue weighted by Gasteiger charge is -2.32. The number of amidine groups is 1. The van der Waals surface area contributed by atoms with Crippen LogP contribution in [0.5, 0.6) is 0 Å². The predicted molar refractivity (Wildman–Crippen MR) is 52.8 cm³/mol. The average Bonchev–Trinajstić information content (AvgIpc) is 2.04. The Bertz CT molecular complexity index is 174. The second kappa shape index (κ2) is 4.58. The normalized spacial score (nSPS) is 22.9. The number of aliphatic hydroxyl groups is 1. The molecule has 4 nitrogen and oxygen atoms in total. The standard InChI is InChI=1S/C9H19N3O/c1-7(13)8-2-4-12(5-3-8)6-9(10)11/h7-8,13H,2-6H2,1H3,(H3,10,11). The first-order chi connectivity index (χ1) is 6.09. The minimum Gasteiger partial charge on any atom is -0.393 e. The Morgan fingerprint density at radius 1 is 1.62 bits per heavy atom. The van der Waals surface area contributed by atoms with Crippen LogP contribution in [-0.4, -0.2) is 41.6 Å². The Morgan fingerprint density at radius 3 is 2.54 bits per heavy atom. The summed E-state index contributed by atoms with van der Waals surface area (Å²) in [5.41, 5.74) is 5.31. The third kappa shape index (κ3) is 3.32. The summed E-state index contributed by atoms with van der Waals surface area (Å²) < 4.78 is 0. The van der Waals surface area contributed by atoms with Gasteiger partial charge in [0.05, 0.1) is 12.6 Å². The van der Waals surface area contributed by atoms with Crippen LogP contribution in [0, 0.1) is 11.3 Å². The minimum atomic E-state index is -0.195. The highest BCUT2D eigenvalue weighted by molar-refractivity contribution is 5.78. The molecule has 0 amide bonds. The van der Waals surface area contributed by atoms with Gasteiger partial charge in [0, 0.05) is 0 Å². The molecule has 1 fully saturated rings. The van der Waals surface area contributed by atoms with Gasteiger partial charge in [0.1, 0.15) is 5.84 Å². The molecule has 0 radical (unpaired) electrons. The van der Waals surface area contributed by atoms with Crippen molar-refractivity contribution < 1.29 is 5.11 Å². The number of likely N-dealkylation sites (tertiary alicyclic amines) is 1. The fourth-order valence-corrected chi connectivity index (χ4v) is 1.83. The molecular formula is C9H19N3O. The number of aliphatic hydroxyl groups excluding tert-OH is 1. The van der Waals surface area contributed by atoms with E-state index in [-0.39, 0.29) is 11.9 Å². The fraction of sp³-hybridized carbons (Fsp3) is 0.889. The van der Waals surface area contributed by atoms with Crippen molar-refractivity contribution in [2.24, 2.45) is 11.7 Å². The van der Waals surface area contributed by atoms with Crippen molar-refractivity contribution >= 4 is 5.84 Å². The molecular weight excluding hydrogens is 166 g/mol. The van der Waals surface area contributed by atoms with E-state index >= 15 is 0 Å². The minimum absolute atomic E-state index is 0.195. The molecule has 1 unspecified atom stereocenters. The van der Waals surface area contributed by atoms with Crippen molar-refractivity contribution in [3.63, 3.8) is 0 Å². The third-order valence-electron chi connectivity index (χ3n) is 2.71. The summed E-state index contributed by atoms with van der Waals surface area (Å²) in [6.07, 6.45) is 1.84. The van der Waals surface area contributed by atoms with Crippen molar-refractivity contribution in [2.75, 3.05) is 19.6 Å². The molecule has 1 heterocycles. The van der Waals surface area contributed by atoms with Crippen LogP contribution in [0.2, 0.25) is 0 Å². The first-order valence-corrected chi connectivity index (χ1v) is 4.83. The Labute approximate surface area is 79.2 Å². The maximum absolute atomic E-state index is 9.36. The molecule has 4 N–H and O–H groups in total. The van der Waals surface area contributed by atoms with Gasteiger partial charge < -0.3 is 10.8 Å². The second-order valence-electron chi connectivity index (χ2n) is 3.88. The van der Waals surface area contributed by atoms with E-state index in [9.17, 15) is 5.11 Å². The molecule has 13 heavy (non-hydrogen) atoms. The molecule has 0 aromatic heterocycles. The highest BCUT2D eigenvalue weighted by Crippen LogP contribution is 2.19. The Balaban J connectivity index is 2.26. The Hall–Kier alpha value is -0.610. The van der Waals surface area contributed by atoms with Gasteiger partial charge in [-0.1, -0.05) is 0 Å². The molecule has 0 aliphatic carbocycles. The van der Waals surface area contributed by atoms with Crippen LogP contribution in [-0.2, 0) is 0 Å². The van der Waals surface area contributed by atoms with Crippen LogP contribution < -0.4 is 5.73 Å². The first-order valence-electron chi connectivity index (χ1n) is 4.83. The van der Waals surface area contributed by atoms with Gasteiger partial charge in [0.2, 0.25) is 0 Å². The highest BCUT2D eigenvalue weighted by atomic mass is 16.3. The highest BCUT2D eigenvalue weighted by Gasteiger charge is 2.22. The zero-order valence-corrected chi connectivity index (χ0v) is 8.16. The maximum atomic E-state index is 9.36. The average molecular weight is 185 g/mol. The van der Waals surface area contributed by atoms with Gasteiger partial charge in [-0.05, 0) is 38.8 Å². The number of rotatable bonds is 3. The van der Waals surface area contributed by atoms with Crippen molar-refractivity contribution in [3.05, 3.63) is 0 Å². The van der Waals surface area contributed by atoms with E-state index in [0.717, 1.165) is 25.9 Å². The number of hydrogen-bond acceptors (Lipinski definition) is 3. The lowest BCUT2D eigenvalue weighted by atomic mass is 9.92. The van der Waals surface area contributed by atoms with Crippen LogP contribution in [0.1, 0.15) is 19.8 Å². The lowest BCUT2D eigenvalue weighted by molar-refractivity contribution is 0.0766. The van der Waals surface area contributed by atoms with Gasteiger partial charge >= 0.3 is 0 Å². The van der Waals surface area contributed by atoms with Crippen molar-refractivity contribution in [1.82, 2.24) is 4.90 Å². The molecule has 1 saturated heterocycles. The largest absolute Gasteiger partial charge is 0.393 e. The van der Waals surface area contributed by atoms with Crippen LogP contribution in [0.3, 0.4) is 0 Å². The van der Waals surface area contributed by atoms with Crippen LogP contribution in [0.15, 0.2) is 0 Å². The summed E-state index contributed by atoms with van der Waals surface area (Å²) in [7, 11) is 0. The van der Waals surface area contributed by atoms with E-state index in [0.29, 0.717) is 12.5 Å². The zero-order valence-electron chi connectivity index (χ0n) is 8.16. The molecule has 1 aliphatic heterocycles. The molecule has 0 spiro atoms. The molecule has 4 heteroatoms. The van der Waals surface area contributed by atoms with E-state index in [1.165, 1.54) is 0 Å². The Kier molecular flexibility index (Phi) is 3.69. The third-order valence-corrected chi connectivity index (χ3v) is 2.71. The van der Waals surface area contributed by atoms with Gasteiger partial charge in [0.15, 0.2) is 0 Å². The first kappa shape index (κ1) is 10.5. The molecule has 1 aliphatic rings. The Morgan fingerprint density at radius 2 is 2.15 bits per heavy atom. The number of hydrogen-bond donors (Lipinski definition) is 3. The van der Waals surface area contributed by atoms with E-state index in [2.05, 4.69) is 4.90 Å². The topological polar surface area (TPSA) is 73.3 Å². The summed E-state index contributed by atoms with van der Waals surface area (Å²) in [5.74, 6) is 0.665. The van der Waals surface area contributed by atoms with E-state index < -0.39 is 0 Å². The van der Waals surface area contributed by atoms with Crippen LogP contribution in [0.25, 0.3) is 0 Å². The number of nitrogens with two attached hydrogens (primary N) is 1. The number of nitrogens with zero attached hydrogens (tertiary/aromatic N) is 1. The van der Waals surface area contributed by atoms with E-state index in [4.69, 9.17) is 11.1 Å². The smallest absolute Gasteiger partial charge is 0.105 e. The number of piperidine rings is 1. The van der Waals surface area contributed by atoms with Gasteiger partial charge in [-0.3, -0.25) is 10.3 Å². The maximum Gasteiger partial charge on any atom is 0.105 e. The predicted octanol–water partition coefficient (Wildman–Crippen LogP) is 0.0152. The second-order valence-corrected chi connectivity index (χ2v) is 3.88. The van der Waals surface area contributed by atoms with Gasteiger partial charge in [-0.2, -0.15) is 0 Å². The van der Waals surface area contributed by atoms with Crippen LogP contribution >= 0.6 is 0 Å². The van der Waals surface area contributed by atoms with Crippen molar-refractivity contribution in [2.45, 2.75) is 25.9 Å². The monoisotopic (exact) mass is 185 g/mol. The summed E-state index contributed by atoms with van der Waals surface area (Å²) in [5, 5.41) is 16.5. The molecule has 0 aromatic carbocycles. The molecule has 76 valence electrons. The summed E-state index contributed by atoms with van der Waals surface area (Å²) in [4.78, 5) is 2.17. The number of nitrogens with one attached hydrogen (secondary N) is 1. The van der Waals surface area contributed by atoms with E-state index in [1.54, 1.807) is 0 Å². The molecule has 1 rings (SSSR count). The van der Waals surface area contributed by atoms with Crippen LogP contribution in [0.4, 0.5) is 0 Å².